The van der Waals surface area contributed by atoms with Crippen molar-refractivity contribution in [2.24, 2.45) is 10.9 Å². The third-order valence-corrected chi connectivity index (χ3v) is 4.20. The maximum Gasteiger partial charge on any atom is 0.191 e. The zero-order valence-electron chi connectivity index (χ0n) is 17.9. The lowest BCUT2D eigenvalue weighted by Gasteiger charge is -2.21. The van der Waals surface area contributed by atoms with Gasteiger partial charge in [0.2, 0.25) is 0 Å². The Morgan fingerprint density at radius 2 is 1.78 bits per heavy atom. The molecule has 0 saturated heterocycles. The second kappa shape index (κ2) is 15.1. The minimum atomic E-state index is 0. The van der Waals surface area contributed by atoms with Crippen molar-refractivity contribution < 1.29 is 4.74 Å². The number of hydrogen-bond donors (Lipinski definition) is 2. The maximum absolute atomic E-state index is 5.82. The van der Waals surface area contributed by atoms with Crippen LogP contribution in [0.1, 0.15) is 45.2 Å². The van der Waals surface area contributed by atoms with Crippen LogP contribution in [0.5, 0.6) is 0 Å². The molecule has 0 aromatic heterocycles. The van der Waals surface area contributed by atoms with Crippen LogP contribution >= 0.6 is 24.0 Å². The lowest BCUT2D eigenvalue weighted by atomic mass is 10.0. The number of ether oxygens (including phenoxy) is 1. The molecular weight excluding hydrogens is 451 g/mol. The zero-order chi connectivity index (χ0) is 19.4. The molecule has 1 aromatic carbocycles. The first-order valence-corrected chi connectivity index (χ1v) is 9.83. The molecule has 6 heteroatoms. The highest BCUT2D eigenvalue weighted by atomic mass is 127. The van der Waals surface area contributed by atoms with Gasteiger partial charge in [0.15, 0.2) is 5.96 Å². The predicted molar refractivity (Wildman–Crippen MR) is 127 cm³/mol. The number of nitrogens with zero attached hydrogens (tertiary/aromatic N) is 2. The van der Waals surface area contributed by atoms with Gasteiger partial charge in [-0.15, -0.1) is 24.0 Å². The van der Waals surface area contributed by atoms with E-state index in [1.807, 2.05) is 0 Å². The molecular formula is C21H39IN4O. The van der Waals surface area contributed by atoms with Gasteiger partial charge in [0.25, 0.3) is 0 Å². The fourth-order valence-corrected chi connectivity index (χ4v) is 2.87. The summed E-state index contributed by atoms with van der Waals surface area (Å²) >= 11 is 0. The number of nitrogens with one attached hydrogen (secondary N) is 2. The van der Waals surface area contributed by atoms with Gasteiger partial charge in [-0.2, -0.15) is 0 Å². The van der Waals surface area contributed by atoms with Crippen molar-refractivity contribution in [1.29, 1.82) is 0 Å². The van der Waals surface area contributed by atoms with Crippen LogP contribution in [0, 0.1) is 5.92 Å². The number of aliphatic imine (C=N–C) groups is 1. The summed E-state index contributed by atoms with van der Waals surface area (Å²) in [6.45, 7) is 12.6. The van der Waals surface area contributed by atoms with Gasteiger partial charge in [0, 0.05) is 26.2 Å². The second-order valence-corrected chi connectivity index (χ2v) is 7.15. The Morgan fingerprint density at radius 1 is 1.11 bits per heavy atom. The number of hydrogen-bond acceptors (Lipinski definition) is 3. The smallest absolute Gasteiger partial charge is 0.191 e. The average molecular weight is 490 g/mol. The second-order valence-electron chi connectivity index (χ2n) is 7.15. The summed E-state index contributed by atoms with van der Waals surface area (Å²) in [6.07, 6.45) is 1.27. The monoisotopic (exact) mass is 490 g/mol. The molecule has 0 amide bonds. The van der Waals surface area contributed by atoms with Crippen molar-refractivity contribution in [2.75, 3.05) is 33.8 Å². The molecule has 1 unspecified atom stereocenters. The van der Waals surface area contributed by atoms with Crippen LogP contribution in [0.15, 0.2) is 29.3 Å². The molecule has 0 bridgehead atoms. The van der Waals surface area contributed by atoms with Crippen molar-refractivity contribution in [1.82, 2.24) is 15.5 Å². The van der Waals surface area contributed by atoms with Crippen molar-refractivity contribution in [3.8, 4) is 0 Å². The van der Waals surface area contributed by atoms with Gasteiger partial charge in [0.1, 0.15) is 0 Å². The highest BCUT2D eigenvalue weighted by Crippen LogP contribution is 2.12. The predicted octanol–water partition coefficient (Wildman–Crippen LogP) is 3.87. The Morgan fingerprint density at radius 3 is 2.33 bits per heavy atom. The van der Waals surface area contributed by atoms with Crippen LogP contribution in [0.4, 0.5) is 0 Å². The summed E-state index contributed by atoms with van der Waals surface area (Å²) in [5, 5.41) is 6.78. The van der Waals surface area contributed by atoms with Crippen molar-refractivity contribution in [2.45, 2.75) is 53.3 Å². The Hall–Kier alpha value is -0.860. The first-order chi connectivity index (χ1) is 12.5. The van der Waals surface area contributed by atoms with E-state index in [0.717, 1.165) is 38.6 Å². The summed E-state index contributed by atoms with van der Waals surface area (Å²) in [7, 11) is 4.18. The molecule has 1 aromatic rings. The van der Waals surface area contributed by atoms with Gasteiger partial charge < -0.3 is 20.3 Å². The van der Waals surface area contributed by atoms with E-state index < -0.39 is 0 Å². The molecule has 0 heterocycles. The molecule has 0 aliphatic heterocycles. The van der Waals surface area contributed by atoms with Crippen LogP contribution in [0.25, 0.3) is 0 Å². The first-order valence-electron chi connectivity index (χ1n) is 9.83. The lowest BCUT2D eigenvalue weighted by molar-refractivity contribution is 0.0258. The van der Waals surface area contributed by atoms with E-state index in [1.54, 1.807) is 0 Å². The van der Waals surface area contributed by atoms with Crippen LogP contribution in [-0.2, 0) is 17.8 Å². The standard InChI is InChI=1S/C21H38N4O.HI/c1-7-22-21(23-14-13-20(17(3)4)26-8-2)24-15-18-11-9-10-12-19(18)16-25(5)6;/h9-12,17,20H,7-8,13-16H2,1-6H3,(H2,22,23,24);1H. The third-order valence-electron chi connectivity index (χ3n) is 4.20. The normalized spacial score (nSPS) is 12.8. The van der Waals surface area contributed by atoms with E-state index in [4.69, 9.17) is 9.73 Å². The molecule has 5 nitrogen and oxygen atoms in total. The van der Waals surface area contributed by atoms with Gasteiger partial charge in [-0.05, 0) is 51.4 Å². The summed E-state index contributed by atoms with van der Waals surface area (Å²) < 4.78 is 5.82. The SMILES string of the molecule is CCNC(=NCc1ccccc1CN(C)C)NCCC(OCC)C(C)C.I. The molecule has 156 valence electrons. The molecule has 0 aliphatic rings. The number of guanidine groups is 1. The Bertz CT molecular complexity index is 535. The number of halogens is 1. The number of benzene rings is 1. The summed E-state index contributed by atoms with van der Waals surface area (Å²) in [4.78, 5) is 6.96. The molecule has 1 rings (SSSR count). The van der Waals surface area contributed by atoms with Gasteiger partial charge in [0.05, 0.1) is 12.6 Å². The Balaban J connectivity index is 0.00000676. The minimum Gasteiger partial charge on any atom is -0.378 e. The van der Waals surface area contributed by atoms with E-state index >= 15 is 0 Å². The fourth-order valence-electron chi connectivity index (χ4n) is 2.87. The van der Waals surface area contributed by atoms with Gasteiger partial charge in [-0.25, -0.2) is 4.99 Å². The molecule has 0 spiro atoms. The van der Waals surface area contributed by atoms with Crippen molar-refractivity contribution >= 4 is 29.9 Å². The maximum atomic E-state index is 5.82. The zero-order valence-corrected chi connectivity index (χ0v) is 20.2. The third kappa shape index (κ3) is 10.9. The van der Waals surface area contributed by atoms with E-state index in [0.29, 0.717) is 12.5 Å². The van der Waals surface area contributed by atoms with Crippen LogP contribution < -0.4 is 10.6 Å². The van der Waals surface area contributed by atoms with E-state index in [9.17, 15) is 0 Å². The van der Waals surface area contributed by atoms with Crippen LogP contribution in [-0.4, -0.2) is 50.8 Å². The molecule has 2 N–H and O–H groups in total. The molecule has 1 atom stereocenters. The van der Waals surface area contributed by atoms with Gasteiger partial charge in [-0.1, -0.05) is 38.1 Å². The van der Waals surface area contributed by atoms with Crippen molar-refractivity contribution in [3.05, 3.63) is 35.4 Å². The summed E-state index contributed by atoms with van der Waals surface area (Å²) in [5.74, 6) is 1.39. The number of rotatable bonds is 11. The van der Waals surface area contributed by atoms with E-state index in [2.05, 4.69) is 81.6 Å². The van der Waals surface area contributed by atoms with Crippen molar-refractivity contribution in [3.63, 3.8) is 0 Å². The summed E-state index contributed by atoms with van der Waals surface area (Å²) in [6, 6.07) is 8.52. The van der Waals surface area contributed by atoms with Gasteiger partial charge >= 0.3 is 0 Å². The Labute approximate surface area is 183 Å². The lowest BCUT2D eigenvalue weighted by Crippen LogP contribution is -2.39. The van der Waals surface area contributed by atoms with Crippen LogP contribution in [0.2, 0.25) is 0 Å². The van der Waals surface area contributed by atoms with Gasteiger partial charge in [-0.3, -0.25) is 0 Å². The summed E-state index contributed by atoms with van der Waals surface area (Å²) in [5.41, 5.74) is 2.60. The minimum absolute atomic E-state index is 0. The Kier molecular flexibility index (Phi) is 14.6. The fraction of sp³-hybridized carbons (Fsp3) is 0.667. The molecule has 27 heavy (non-hydrogen) atoms. The quantitative estimate of drug-likeness (QED) is 0.281. The van der Waals surface area contributed by atoms with Crippen LogP contribution in [0.3, 0.4) is 0 Å². The van der Waals surface area contributed by atoms with E-state index in [-0.39, 0.29) is 30.1 Å². The molecule has 0 radical (unpaired) electrons. The topological polar surface area (TPSA) is 48.9 Å². The highest BCUT2D eigenvalue weighted by Gasteiger charge is 2.13. The molecule has 0 fully saturated rings. The van der Waals surface area contributed by atoms with E-state index in [1.165, 1.54) is 11.1 Å². The molecule has 0 saturated carbocycles. The average Bonchev–Trinajstić information content (AvgIpc) is 2.59. The largest absolute Gasteiger partial charge is 0.378 e. The molecule has 0 aliphatic carbocycles. The highest BCUT2D eigenvalue weighted by molar-refractivity contribution is 14.0. The first kappa shape index (κ1) is 26.1.